The Morgan fingerprint density at radius 1 is 1.00 bits per heavy atom. The molecular weight excluding hydrogens is 298 g/mol. The third-order valence-electron chi connectivity index (χ3n) is 3.23. The van der Waals surface area contributed by atoms with Gasteiger partial charge in [0.05, 0.1) is 25.9 Å². The summed E-state index contributed by atoms with van der Waals surface area (Å²) >= 11 is 0. The van der Waals surface area contributed by atoms with Gasteiger partial charge in [-0.05, 0) is 31.5 Å². The molecular formula is C17H19NO5. The summed E-state index contributed by atoms with van der Waals surface area (Å²) in [6.45, 7) is 3.94. The van der Waals surface area contributed by atoms with Gasteiger partial charge in [0.1, 0.15) is 11.4 Å². The molecule has 0 spiro atoms. The minimum absolute atomic E-state index is 0.222. The standard InChI is InChI=1S/C17H19NO5/c1-4-22-16(19)13-10-18-15(17(20)23-5-2)14(13)11-6-8-12(21-3)9-7-11/h6-10,18H,4-5H2,1-3H3. The monoisotopic (exact) mass is 317 g/mol. The minimum Gasteiger partial charge on any atom is -0.497 e. The van der Waals surface area contributed by atoms with Crippen LogP contribution in [0.25, 0.3) is 11.1 Å². The second kappa shape index (κ2) is 7.49. The van der Waals surface area contributed by atoms with E-state index < -0.39 is 11.9 Å². The van der Waals surface area contributed by atoms with Crippen molar-refractivity contribution in [2.45, 2.75) is 13.8 Å². The first-order valence-electron chi connectivity index (χ1n) is 7.32. The summed E-state index contributed by atoms with van der Waals surface area (Å²) in [5, 5.41) is 0. The summed E-state index contributed by atoms with van der Waals surface area (Å²) in [4.78, 5) is 27.1. The Balaban J connectivity index is 2.52. The fraction of sp³-hybridized carbons (Fsp3) is 0.294. The highest BCUT2D eigenvalue weighted by Gasteiger charge is 2.24. The Hall–Kier alpha value is -2.76. The fourth-order valence-corrected chi connectivity index (χ4v) is 2.21. The maximum atomic E-state index is 12.1. The van der Waals surface area contributed by atoms with Crippen LogP contribution in [-0.2, 0) is 9.47 Å². The van der Waals surface area contributed by atoms with Crippen LogP contribution in [0, 0.1) is 0 Å². The zero-order valence-corrected chi connectivity index (χ0v) is 13.3. The first-order chi connectivity index (χ1) is 11.1. The van der Waals surface area contributed by atoms with Crippen LogP contribution in [-0.4, -0.2) is 37.2 Å². The van der Waals surface area contributed by atoms with Crippen LogP contribution in [0.3, 0.4) is 0 Å². The lowest BCUT2D eigenvalue weighted by Gasteiger charge is -2.08. The summed E-state index contributed by atoms with van der Waals surface area (Å²) < 4.78 is 15.2. The normalized spacial score (nSPS) is 10.2. The van der Waals surface area contributed by atoms with E-state index in [1.807, 2.05) is 0 Å². The molecule has 0 aliphatic heterocycles. The van der Waals surface area contributed by atoms with Crippen LogP contribution in [0.4, 0.5) is 0 Å². The van der Waals surface area contributed by atoms with Gasteiger partial charge >= 0.3 is 11.9 Å². The maximum absolute atomic E-state index is 12.1. The Labute approximate surface area is 134 Å². The number of ether oxygens (including phenoxy) is 3. The predicted octanol–water partition coefficient (Wildman–Crippen LogP) is 3.04. The zero-order chi connectivity index (χ0) is 16.8. The molecule has 0 aliphatic carbocycles. The van der Waals surface area contributed by atoms with E-state index in [-0.39, 0.29) is 18.9 Å². The van der Waals surface area contributed by atoms with E-state index >= 15 is 0 Å². The molecule has 2 rings (SSSR count). The van der Waals surface area contributed by atoms with Crippen LogP contribution in [0.15, 0.2) is 30.5 Å². The van der Waals surface area contributed by atoms with E-state index in [0.717, 1.165) is 0 Å². The molecule has 23 heavy (non-hydrogen) atoms. The highest BCUT2D eigenvalue weighted by molar-refractivity contribution is 6.05. The topological polar surface area (TPSA) is 77.6 Å². The molecule has 6 nitrogen and oxygen atoms in total. The molecule has 0 radical (unpaired) electrons. The van der Waals surface area contributed by atoms with Gasteiger partial charge in [-0.25, -0.2) is 9.59 Å². The number of carbonyl (C=O) groups is 2. The van der Waals surface area contributed by atoms with E-state index in [1.54, 1.807) is 45.2 Å². The van der Waals surface area contributed by atoms with Gasteiger partial charge in [-0.15, -0.1) is 0 Å². The lowest BCUT2D eigenvalue weighted by atomic mass is 10.0. The number of rotatable bonds is 6. The lowest BCUT2D eigenvalue weighted by Crippen LogP contribution is -2.09. The van der Waals surface area contributed by atoms with Crippen molar-refractivity contribution < 1.29 is 23.8 Å². The van der Waals surface area contributed by atoms with Gasteiger partial charge in [-0.2, -0.15) is 0 Å². The molecule has 1 heterocycles. The van der Waals surface area contributed by atoms with Gasteiger partial charge in [-0.3, -0.25) is 0 Å². The van der Waals surface area contributed by atoms with Gasteiger partial charge in [0.2, 0.25) is 0 Å². The van der Waals surface area contributed by atoms with E-state index in [1.165, 1.54) is 6.20 Å². The molecule has 6 heteroatoms. The number of aromatic nitrogens is 1. The fourth-order valence-electron chi connectivity index (χ4n) is 2.21. The molecule has 0 saturated carbocycles. The second-order valence-corrected chi connectivity index (χ2v) is 4.62. The highest BCUT2D eigenvalue weighted by Crippen LogP contribution is 2.30. The number of nitrogens with one attached hydrogen (secondary N) is 1. The maximum Gasteiger partial charge on any atom is 0.355 e. The molecule has 1 aromatic carbocycles. The van der Waals surface area contributed by atoms with Crippen molar-refractivity contribution in [3.8, 4) is 16.9 Å². The van der Waals surface area contributed by atoms with Gasteiger partial charge in [0.25, 0.3) is 0 Å². The van der Waals surface area contributed by atoms with Crippen LogP contribution in [0.1, 0.15) is 34.7 Å². The van der Waals surface area contributed by atoms with Crippen LogP contribution < -0.4 is 4.74 Å². The van der Waals surface area contributed by atoms with Crippen molar-refractivity contribution in [3.63, 3.8) is 0 Å². The number of H-pyrrole nitrogens is 1. The third-order valence-corrected chi connectivity index (χ3v) is 3.23. The summed E-state index contributed by atoms with van der Waals surface area (Å²) in [5.74, 6) is -0.335. The second-order valence-electron chi connectivity index (χ2n) is 4.62. The highest BCUT2D eigenvalue weighted by atomic mass is 16.5. The molecule has 1 aromatic heterocycles. The lowest BCUT2D eigenvalue weighted by molar-refractivity contribution is 0.0519. The van der Waals surface area contributed by atoms with Crippen LogP contribution in [0.2, 0.25) is 0 Å². The smallest absolute Gasteiger partial charge is 0.355 e. The average Bonchev–Trinajstić information content (AvgIpc) is 3.00. The predicted molar refractivity (Wildman–Crippen MR) is 84.7 cm³/mol. The summed E-state index contributed by atoms with van der Waals surface area (Å²) in [5.41, 5.74) is 1.67. The van der Waals surface area contributed by atoms with Crippen molar-refractivity contribution in [1.29, 1.82) is 0 Å². The molecule has 0 fully saturated rings. The number of esters is 2. The Kier molecular flexibility index (Phi) is 5.41. The van der Waals surface area contributed by atoms with E-state index in [2.05, 4.69) is 4.98 Å². The minimum atomic E-state index is -0.520. The van der Waals surface area contributed by atoms with Crippen molar-refractivity contribution in [2.75, 3.05) is 20.3 Å². The van der Waals surface area contributed by atoms with Gasteiger partial charge in [0, 0.05) is 11.8 Å². The molecule has 1 N–H and O–H groups in total. The van der Waals surface area contributed by atoms with E-state index in [9.17, 15) is 9.59 Å². The number of carbonyl (C=O) groups excluding carboxylic acids is 2. The Morgan fingerprint density at radius 3 is 2.17 bits per heavy atom. The summed E-state index contributed by atoms with van der Waals surface area (Å²) in [6, 6.07) is 7.05. The summed E-state index contributed by atoms with van der Waals surface area (Å²) in [7, 11) is 1.57. The van der Waals surface area contributed by atoms with Crippen molar-refractivity contribution in [1.82, 2.24) is 4.98 Å². The number of aromatic amines is 1. The SMILES string of the molecule is CCOC(=O)c1c[nH]c(C(=O)OCC)c1-c1ccc(OC)cc1. The quantitative estimate of drug-likeness (QED) is 0.829. The molecule has 0 bridgehead atoms. The largest absolute Gasteiger partial charge is 0.497 e. The molecule has 0 saturated heterocycles. The van der Waals surface area contributed by atoms with Crippen molar-refractivity contribution >= 4 is 11.9 Å². The molecule has 0 aliphatic rings. The van der Waals surface area contributed by atoms with Crippen LogP contribution in [0.5, 0.6) is 5.75 Å². The molecule has 0 amide bonds. The van der Waals surface area contributed by atoms with Crippen molar-refractivity contribution in [2.24, 2.45) is 0 Å². The molecule has 0 atom stereocenters. The average molecular weight is 317 g/mol. The van der Waals surface area contributed by atoms with Gasteiger partial charge < -0.3 is 19.2 Å². The summed E-state index contributed by atoms with van der Waals surface area (Å²) in [6.07, 6.45) is 1.46. The number of methoxy groups -OCH3 is 1. The number of hydrogen-bond donors (Lipinski definition) is 1. The van der Waals surface area contributed by atoms with E-state index in [4.69, 9.17) is 14.2 Å². The first-order valence-corrected chi connectivity index (χ1v) is 7.32. The first kappa shape index (κ1) is 16.6. The Bertz CT molecular complexity index is 652. The third kappa shape index (κ3) is 3.53. The molecule has 122 valence electrons. The number of hydrogen-bond acceptors (Lipinski definition) is 5. The zero-order valence-electron chi connectivity index (χ0n) is 13.3. The number of benzene rings is 1. The van der Waals surface area contributed by atoms with Crippen molar-refractivity contribution in [3.05, 3.63) is 41.7 Å². The van der Waals surface area contributed by atoms with Gasteiger partial charge in [0.15, 0.2) is 0 Å². The molecule has 2 aromatic rings. The van der Waals surface area contributed by atoms with E-state index in [0.29, 0.717) is 22.4 Å². The van der Waals surface area contributed by atoms with Gasteiger partial charge in [-0.1, -0.05) is 12.1 Å². The van der Waals surface area contributed by atoms with Crippen LogP contribution >= 0.6 is 0 Å². The molecule has 0 unspecified atom stereocenters. The Morgan fingerprint density at radius 2 is 1.61 bits per heavy atom.